The molecule has 0 saturated carbocycles. The number of nitrogens with zero attached hydrogens (tertiary/aromatic N) is 1. The molecule has 0 bridgehead atoms. The van der Waals surface area contributed by atoms with Crippen molar-refractivity contribution in [3.63, 3.8) is 0 Å². The lowest BCUT2D eigenvalue weighted by Crippen LogP contribution is -2.64. The van der Waals surface area contributed by atoms with E-state index in [1.165, 1.54) is 0 Å². The molecule has 1 fully saturated rings. The molecular formula is C14H26N2. The zero-order valence-electron chi connectivity index (χ0n) is 11.6. The van der Waals surface area contributed by atoms with Crippen LogP contribution in [-0.2, 0) is 0 Å². The van der Waals surface area contributed by atoms with Gasteiger partial charge in [-0.2, -0.15) is 0 Å². The molecule has 0 aromatic carbocycles. The second kappa shape index (κ2) is 4.33. The van der Waals surface area contributed by atoms with E-state index >= 15 is 0 Å². The van der Waals surface area contributed by atoms with Crippen molar-refractivity contribution in [3.8, 4) is 0 Å². The highest BCUT2D eigenvalue weighted by Gasteiger charge is 2.49. The number of likely N-dealkylation sites (tertiary alicyclic amines) is 1. The van der Waals surface area contributed by atoms with E-state index in [4.69, 9.17) is 5.41 Å². The van der Waals surface area contributed by atoms with Gasteiger partial charge in [0, 0.05) is 35.7 Å². The van der Waals surface area contributed by atoms with Crippen molar-refractivity contribution in [1.29, 1.82) is 5.41 Å². The number of hydrogen-bond acceptors (Lipinski definition) is 2. The Morgan fingerprint density at radius 3 is 2.44 bits per heavy atom. The Balaban J connectivity index is 3.00. The largest absolute Gasteiger partial charge is 0.309 e. The Labute approximate surface area is 100 Å². The van der Waals surface area contributed by atoms with Crippen LogP contribution in [0.25, 0.3) is 0 Å². The zero-order valence-corrected chi connectivity index (χ0v) is 11.6. The van der Waals surface area contributed by atoms with Crippen LogP contribution in [0.15, 0.2) is 12.2 Å². The third kappa shape index (κ3) is 1.95. The molecule has 1 saturated heterocycles. The fourth-order valence-corrected chi connectivity index (χ4v) is 2.53. The molecule has 0 aromatic rings. The molecule has 1 aliphatic rings. The van der Waals surface area contributed by atoms with Crippen LogP contribution in [0.3, 0.4) is 0 Å². The van der Waals surface area contributed by atoms with Gasteiger partial charge in [0.05, 0.1) is 0 Å². The Hall–Kier alpha value is -0.630. The number of rotatable bonds is 2. The normalized spacial score (nSPS) is 29.9. The molecule has 2 heteroatoms. The van der Waals surface area contributed by atoms with Gasteiger partial charge in [0.15, 0.2) is 0 Å². The Morgan fingerprint density at radius 1 is 1.38 bits per heavy atom. The van der Waals surface area contributed by atoms with Gasteiger partial charge < -0.3 is 5.41 Å². The van der Waals surface area contributed by atoms with Crippen molar-refractivity contribution in [2.75, 3.05) is 13.1 Å². The van der Waals surface area contributed by atoms with Gasteiger partial charge in [-0.1, -0.05) is 32.9 Å². The van der Waals surface area contributed by atoms with Gasteiger partial charge in [0.25, 0.3) is 0 Å². The topological polar surface area (TPSA) is 27.1 Å². The molecular weight excluding hydrogens is 196 g/mol. The first kappa shape index (κ1) is 13.4. The summed E-state index contributed by atoms with van der Waals surface area (Å²) >= 11 is 0. The predicted octanol–water partition coefficient (Wildman–Crippen LogP) is 3.34. The standard InChI is InChI=1S/C14H26N2/c1-7-8-9-16-10-11(2)12(15)13(3,4)14(16,5)6/h7-8,11,15H,9-10H2,1-6H3/b8-7+,15-12?. The fraction of sp³-hybridized carbons (Fsp3) is 0.786. The van der Waals surface area contributed by atoms with Gasteiger partial charge in [0.1, 0.15) is 0 Å². The van der Waals surface area contributed by atoms with Crippen LogP contribution in [0, 0.1) is 16.7 Å². The lowest BCUT2D eigenvalue weighted by atomic mass is 9.64. The quantitative estimate of drug-likeness (QED) is 0.713. The van der Waals surface area contributed by atoms with Crippen molar-refractivity contribution in [3.05, 3.63) is 12.2 Å². The highest BCUT2D eigenvalue weighted by Crippen LogP contribution is 2.42. The van der Waals surface area contributed by atoms with Crippen LogP contribution in [0.1, 0.15) is 41.5 Å². The number of hydrogen-bond donors (Lipinski definition) is 1. The van der Waals surface area contributed by atoms with Gasteiger partial charge >= 0.3 is 0 Å². The molecule has 1 rings (SSSR count). The van der Waals surface area contributed by atoms with Crippen LogP contribution < -0.4 is 0 Å². The van der Waals surface area contributed by atoms with Gasteiger partial charge in [-0.05, 0) is 20.8 Å². The van der Waals surface area contributed by atoms with Crippen molar-refractivity contribution in [2.45, 2.75) is 47.1 Å². The van der Waals surface area contributed by atoms with Crippen LogP contribution in [0.5, 0.6) is 0 Å². The van der Waals surface area contributed by atoms with Crippen LogP contribution in [0.2, 0.25) is 0 Å². The summed E-state index contributed by atoms with van der Waals surface area (Å²) in [6.45, 7) is 15.1. The summed E-state index contributed by atoms with van der Waals surface area (Å²) < 4.78 is 0. The van der Waals surface area contributed by atoms with Crippen LogP contribution in [0.4, 0.5) is 0 Å². The summed E-state index contributed by atoms with van der Waals surface area (Å²) in [6, 6.07) is 0. The highest BCUT2D eigenvalue weighted by atomic mass is 15.2. The molecule has 0 aliphatic carbocycles. The molecule has 1 atom stereocenters. The first-order chi connectivity index (χ1) is 7.25. The Bertz CT molecular complexity index is 300. The third-order valence-corrected chi connectivity index (χ3v) is 4.54. The van der Waals surface area contributed by atoms with Crippen molar-refractivity contribution >= 4 is 5.71 Å². The van der Waals surface area contributed by atoms with E-state index in [0.29, 0.717) is 5.92 Å². The van der Waals surface area contributed by atoms with E-state index in [1.807, 2.05) is 0 Å². The molecule has 1 unspecified atom stereocenters. The average molecular weight is 222 g/mol. The minimum Gasteiger partial charge on any atom is -0.309 e. The van der Waals surface area contributed by atoms with E-state index < -0.39 is 0 Å². The van der Waals surface area contributed by atoms with Crippen molar-refractivity contribution in [2.24, 2.45) is 11.3 Å². The molecule has 0 radical (unpaired) electrons. The van der Waals surface area contributed by atoms with Gasteiger partial charge in [-0.15, -0.1) is 0 Å². The summed E-state index contributed by atoms with van der Waals surface area (Å²) in [5.41, 5.74) is 0.900. The van der Waals surface area contributed by atoms with Gasteiger partial charge in [0.2, 0.25) is 0 Å². The molecule has 1 aliphatic heterocycles. The fourth-order valence-electron chi connectivity index (χ4n) is 2.53. The van der Waals surface area contributed by atoms with Gasteiger partial charge in [-0.25, -0.2) is 0 Å². The summed E-state index contributed by atoms with van der Waals surface area (Å²) in [6.07, 6.45) is 4.31. The molecule has 0 aromatic heterocycles. The van der Waals surface area contributed by atoms with E-state index in [-0.39, 0.29) is 11.0 Å². The predicted molar refractivity (Wildman–Crippen MR) is 71.1 cm³/mol. The number of nitrogens with one attached hydrogen (secondary N) is 1. The minimum absolute atomic E-state index is 0.0494. The Kier molecular flexibility index (Phi) is 3.63. The van der Waals surface area contributed by atoms with Gasteiger partial charge in [-0.3, -0.25) is 4.90 Å². The summed E-state index contributed by atoms with van der Waals surface area (Å²) in [7, 11) is 0. The van der Waals surface area contributed by atoms with Crippen molar-refractivity contribution in [1.82, 2.24) is 4.90 Å². The molecule has 0 spiro atoms. The molecule has 16 heavy (non-hydrogen) atoms. The van der Waals surface area contributed by atoms with Crippen molar-refractivity contribution < 1.29 is 0 Å². The van der Waals surface area contributed by atoms with E-state index in [0.717, 1.165) is 18.8 Å². The zero-order chi connectivity index (χ0) is 12.6. The third-order valence-electron chi connectivity index (χ3n) is 4.54. The molecule has 1 N–H and O–H groups in total. The highest BCUT2D eigenvalue weighted by molar-refractivity contribution is 5.91. The van der Waals surface area contributed by atoms with Crippen LogP contribution in [-0.4, -0.2) is 29.2 Å². The summed E-state index contributed by atoms with van der Waals surface area (Å²) in [4.78, 5) is 2.50. The van der Waals surface area contributed by atoms with E-state index in [9.17, 15) is 0 Å². The Morgan fingerprint density at radius 2 is 1.94 bits per heavy atom. The second-order valence-corrected chi connectivity index (χ2v) is 5.97. The molecule has 1 heterocycles. The van der Waals surface area contributed by atoms with E-state index in [2.05, 4.69) is 58.6 Å². The van der Waals surface area contributed by atoms with Crippen LogP contribution >= 0.6 is 0 Å². The summed E-state index contributed by atoms with van der Waals surface area (Å²) in [5.74, 6) is 0.369. The second-order valence-electron chi connectivity index (χ2n) is 5.97. The maximum absolute atomic E-state index is 8.28. The maximum atomic E-state index is 8.28. The number of allylic oxidation sites excluding steroid dienone is 1. The SMILES string of the molecule is C/C=C/CN1CC(C)C(=N)C(C)(C)C1(C)C. The van der Waals surface area contributed by atoms with E-state index in [1.54, 1.807) is 0 Å². The molecule has 0 amide bonds. The monoisotopic (exact) mass is 222 g/mol. The first-order valence-corrected chi connectivity index (χ1v) is 6.20. The first-order valence-electron chi connectivity index (χ1n) is 6.20. The maximum Gasteiger partial charge on any atom is 0.0259 e. The average Bonchev–Trinajstić information content (AvgIpc) is 2.20. The lowest BCUT2D eigenvalue weighted by Gasteiger charge is -2.55. The molecule has 2 nitrogen and oxygen atoms in total. The molecule has 92 valence electrons. The lowest BCUT2D eigenvalue weighted by molar-refractivity contribution is 0.0285. The minimum atomic E-state index is -0.0494. The summed E-state index contributed by atoms with van der Waals surface area (Å²) in [5, 5.41) is 8.28. The number of piperidine rings is 1. The smallest absolute Gasteiger partial charge is 0.0259 e.